The Balaban J connectivity index is 0.000000491. The van der Waals surface area contributed by atoms with Crippen molar-refractivity contribution in [1.29, 1.82) is 0 Å². The van der Waals surface area contributed by atoms with Crippen LogP contribution in [-0.2, 0) is 0 Å². The Labute approximate surface area is 253 Å². The van der Waals surface area contributed by atoms with Gasteiger partial charge in [0.2, 0.25) is 0 Å². The van der Waals surface area contributed by atoms with Gasteiger partial charge in [-0.1, -0.05) is 128 Å². The second-order valence-corrected chi connectivity index (χ2v) is 10.2. The average molecular weight is 556 g/mol. The van der Waals surface area contributed by atoms with E-state index in [1.54, 1.807) is 0 Å². The first-order valence-electron chi connectivity index (χ1n) is 14.5. The zero-order valence-corrected chi connectivity index (χ0v) is 24.2. The number of rotatable bonds is 6. The van der Waals surface area contributed by atoms with Gasteiger partial charge in [-0.3, -0.25) is 0 Å². The van der Waals surface area contributed by atoms with Gasteiger partial charge < -0.3 is 9.32 Å². The molecule has 7 aromatic rings. The van der Waals surface area contributed by atoms with Gasteiger partial charge in [0, 0.05) is 27.8 Å². The van der Waals surface area contributed by atoms with Crippen LogP contribution in [0.1, 0.15) is 6.92 Å². The highest BCUT2D eigenvalue weighted by atomic mass is 16.3. The van der Waals surface area contributed by atoms with E-state index in [9.17, 15) is 0 Å². The summed E-state index contributed by atoms with van der Waals surface area (Å²) in [6.45, 7) is 6.11. The van der Waals surface area contributed by atoms with E-state index < -0.39 is 0 Å². The molecule has 0 amide bonds. The molecule has 1 heterocycles. The van der Waals surface area contributed by atoms with Crippen LogP contribution in [0.15, 0.2) is 187 Å². The highest BCUT2D eigenvalue weighted by molar-refractivity contribution is 6.06. The summed E-state index contributed by atoms with van der Waals surface area (Å²) in [5.74, 6) is 0. The Bertz CT molecular complexity index is 1940. The normalized spacial score (nSPS) is 11.1. The molecule has 6 aromatic carbocycles. The fraction of sp³-hybridized carbons (Fsp3) is 0.0244. The molecular weight excluding hydrogens is 522 g/mol. The molecule has 0 aliphatic rings. The third-order valence-electron chi connectivity index (χ3n) is 7.50. The maximum absolute atomic E-state index is 6.01. The van der Waals surface area contributed by atoms with Gasteiger partial charge in [0.15, 0.2) is 0 Å². The minimum Gasteiger partial charge on any atom is -0.456 e. The molecule has 208 valence electrons. The number of hydrogen-bond acceptors (Lipinski definition) is 2. The predicted molar refractivity (Wildman–Crippen MR) is 184 cm³/mol. The van der Waals surface area contributed by atoms with Crippen molar-refractivity contribution in [1.82, 2.24) is 0 Å². The summed E-state index contributed by atoms with van der Waals surface area (Å²) in [6.07, 6.45) is 3.99. The molecule has 2 nitrogen and oxygen atoms in total. The van der Waals surface area contributed by atoms with E-state index in [0.29, 0.717) is 0 Å². The van der Waals surface area contributed by atoms with E-state index in [1.807, 2.05) is 67.6 Å². The molecule has 0 aliphatic heterocycles. The van der Waals surface area contributed by atoms with Gasteiger partial charge in [0.05, 0.1) is 0 Å². The molecule has 0 atom stereocenters. The zero-order chi connectivity index (χ0) is 29.4. The minimum atomic E-state index is 0.912. The van der Waals surface area contributed by atoms with Gasteiger partial charge in [-0.05, 0) is 77.7 Å². The smallest absolute Gasteiger partial charge is 0.135 e. The van der Waals surface area contributed by atoms with Crippen LogP contribution in [0.25, 0.3) is 44.2 Å². The molecule has 1 aromatic heterocycles. The molecule has 0 fully saturated rings. The Morgan fingerprint density at radius 1 is 0.512 bits per heavy atom. The lowest BCUT2D eigenvalue weighted by atomic mass is 10.0. The molecule has 0 bridgehead atoms. The number of hydrogen-bond donors (Lipinski definition) is 0. The standard InChI is InChI=1S/C35H27NO.C6H6/c1-3-29(4-2)36(30-19-14-26(15-20-30)25-10-6-5-7-11-25)31-21-16-27(17-22-31)28-18-23-35-33(24-28)32-12-8-9-13-34(32)37-35;1-2-4-6-5-3-1/h3-24H,1H2,2H3;1-6H/b29-4+;. The van der Waals surface area contributed by atoms with Crippen molar-refractivity contribution < 1.29 is 4.42 Å². The minimum absolute atomic E-state index is 0.912. The van der Waals surface area contributed by atoms with Crippen molar-refractivity contribution in [3.05, 3.63) is 182 Å². The fourth-order valence-corrected chi connectivity index (χ4v) is 5.31. The summed E-state index contributed by atoms with van der Waals surface area (Å²) in [5.41, 5.74) is 9.77. The Morgan fingerprint density at radius 2 is 0.977 bits per heavy atom. The second kappa shape index (κ2) is 12.9. The van der Waals surface area contributed by atoms with E-state index in [1.165, 1.54) is 16.7 Å². The van der Waals surface area contributed by atoms with Crippen molar-refractivity contribution in [3.8, 4) is 22.3 Å². The number of fused-ring (bicyclic) bond motifs is 3. The number of para-hydroxylation sites is 1. The van der Waals surface area contributed by atoms with E-state index >= 15 is 0 Å². The quantitative estimate of drug-likeness (QED) is 0.190. The Morgan fingerprint density at radius 3 is 1.56 bits per heavy atom. The maximum Gasteiger partial charge on any atom is 0.135 e. The summed E-state index contributed by atoms with van der Waals surface area (Å²) in [5, 5.41) is 2.28. The van der Waals surface area contributed by atoms with Crippen molar-refractivity contribution in [3.63, 3.8) is 0 Å². The Hall–Kier alpha value is -5.60. The molecule has 0 saturated heterocycles. The first-order chi connectivity index (χ1) is 21.2. The van der Waals surface area contributed by atoms with Gasteiger partial charge in [0.1, 0.15) is 11.2 Å². The first kappa shape index (κ1) is 27.6. The molecule has 0 spiro atoms. The van der Waals surface area contributed by atoms with Gasteiger partial charge in [-0.2, -0.15) is 0 Å². The molecule has 0 unspecified atom stereocenters. The van der Waals surface area contributed by atoms with Gasteiger partial charge >= 0.3 is 0 Å². The van der Waals surface area contributed by atoms with Crippen LogP contribution in [-0.4, -0.2) is 0 Å². The highest BCUT2D eigenvalue weighted by Crippen LogP contribution is 2.35. The molecule has 43 heavy (non-hydrogen) atoms. The van der Waals surface area contributed by atoms with Crippen LogP contribution in [0.2, 0.25) is 0 Å². The average Bonchev–Trinajstić information content (AvgIpc) is 3.47. The van der Waals surface area contributed by atoms with E-state index in [0.717, 1.165) is 44.6 Å². The summed E-state index contributed by atoms with van der Waals surface area (Å²) in [7, 11) is 0. The SMILES string of the molecule is C=C/C(=C\C)N(c1ccc(-c2ccccc2)cc1)c1ccc(-c2ccc3oc4ccccc4c3c2)cc1.c1ccccc1. The molecular formula is C41H33NO. The van der Waals surface area contributed by atoms with Crippen LogP contribution in [0.4, 0.5) is 11.4 Å². The predicted octanol–water partition coefficient (Wildman–Crippen LogP) is 11.8. The molecule has 0 N–H and O–H groups in total. The lowest BCUT2D eigenvalue weighted by Gasteiger charge is -2.26. The van der Waals surface area contributed by atoms with Crippen LogP contribution in [0.3, 0.4) is 0 Å². The van der Waals surface area contributed by atoms with Gasteiger partial charge in [-0.25, -0.2) is 0 Å². The monoisotopic (exact) mass is 555 g/mol. The third kappa shape index (κ3) is 6.05. The highest BCUT2D eigenvalue weighted by Gasteiger charge is 2.14. The summed E-state index contributed by atoms with van der Waals surface area (Å²) >= 11 is 0. The second-order valence-electron chi connectivity index (χ2n) is 10.2. The molecule has 7 rings (SSSR count). The Kier molecular flexibility index (Phi) is 8.29. The number of allylic oxidation sites excluding steroid dienone is 2. The van der Waals surface area contributed by atoms with E-state index in [4.69, 9.17) is 4.42 Å². The number of benzene rings is 6. The van der Waals surface area contributed by atoms with Crippen LogP contribution < -0.4 is 4.90 Å². The summed E-state index contributed by atoms with van der Waals surface area (Å²) in [4.78, 5) is 2.23. The zero-order valence-electron chi connectivity index (χ0n) is 24.2. The topological polar surface area (TPSA) is 16.4 Å². The van der Waals surface area contributed by atoms with Crippen LogP contribution in [0, 0.1) is 0 Å². The molecule has 0 radical (unpaired) electrons. The number of furan rings is 1. The summed E-state index contributed by atoms with van der Waals surface area (Å²) in [6, 6.07) is 54.4. The first-order valence-corrected chi connectivity index (χ1v) is 14.5. The lowest BCUT2D eigenvalue weighted by Crippen LogP contribution is -2.14. The fourth-order valence-electron chi connectivity index (χ4n) is 5.31. The summed E-state index contributed by atoms with van der Waals surface area (Å²) < 4.78 is 6.01. The molecule has 0 aliphatic carbocycles. The number of nitrogens with zero attached hydrogens (tertiary/aromatic N) is 1. The van der Waals surface area contributed by atoms with Gasteiger partial charge in [-0.15, -0.1) is 0 Å². The van der Waals surface area contributed by atoms with Crippen molar-refractivity contribution >= 4 is 33.3 Å². The van der Waals surface area contributed by atoms with Gasteiger partial charge in [0.25, 0.3) is 0 Å². The van der Waals surface area contributed by atoms with E-state index in [2.05, 4.69) is 121 Å². The third-order valence-corrected chi connectivity index (χ3v) is 7.50. The lowest BCUT2D eigenvalue weighted by molar-refractivity contribution is 0.669. The van der Waals surface area contributed by atoms with E-state index in [-0.39, 0.29) is 0 Å². The molecule has 2 heteroatoms. The van der Waals surface area contributed by atoms with Crippen LogP contribution >= 0.6 is 0 Å². The maximum atomic E-state index is 6.01. The van der Waals surface area contributed by atoms with Crippen LogP contribution in [0.5, 0.6) is 0 Å². The van der Waals surface area contributed by atoms with Crippen molar-refractivity contribution in [2.24, 2.45) is 0 Å². The number of anilines is 2. The van der Waals surface area contributed by atoms with Crippen molar-refractivity contribution in [2.45, 2.75) is 6.92 Å². The molecule has 0 saturated carbocycles. The van der Waals surface area contributed by atoms with Crippen molar-refractivity contribution in [2.75, 3.05) is 4.90 Å². The largest absolute Gasteiger partial charge is 0.456 e.